The molecule has 1 heteroatoms. The highest BCUT2D eigenvalue weighted by atomic mass is 79.9. The summed E-state index contributed by atoms with van der Waals surface area (Å²) in [6, 6.07) is 6.36. The molecule has 0 aliphatic heterocycles. The van der Waals surface area contributed by atoms with Gasteiger partial charge in [-0.15, -0.1) is 12.3 Å². The molecular weight excluding hydrogens is 212 g/mol. The molecule has 12 heavy (non-hydrogen) atoms. The maximum atomic E-state index is 5.18. The van der Waals surface area contributed by atoms with Crippen LogP contribution in [0.4, 0.5) is 0 Å². The molecule has 0 unspecified atom stereocenters. The van der Waals surface area contributed by atoms with Gasteiger partial charge in [0.2, 0.25) is 0 Å². The first kappa shape index (κ1) is 9.35. The van der Waals surface area contributed by atoms with E-state index >= 15 is 0 Å². The van der Waals surface area contributed by atoms with Crippen molar-refractivity contribution in [2.45, 2.75) is 19.8 Å². The first-order valence-electron chi connectivity index (χ1n) is 3.92. The highest BCUT2D eigenvalue weighted by molar-refractivity contribution is 9.10. The average Bonchev–Trinajstić information content (AvgIpc) is 2.07. The van der Waals surface area contributed by atoms with Crippen molar-refractivity contribution in [1.82, 2.24) is 0 Å². The van der Waals surface area contributed by atoms with Crippen LogP contribution in [0.5, 0.6) is 0 Å². The van der Waals surface area contributed by atoms with E-state index in [1.165, 1.54) is 11.1 Å². The lowest BCUT2D eigenvalue weighted by Crippen LogP contribution is -1.84. The third kappa shape index (κ3) is 2.39. The van der Waals surface area contributed by atoms with E-state index < -0.39 is 0 Å². The normalized spacial score (nSPS) is 9.42. The summed E-state index contributed by atoms with van der Waals surface area (Å²) in [4.78, 5) is 0. The third-order valence-electron chi connectivity index (χ3n) is 1.79. The molecule has 0 bridgehead atoms. The smallest absolute Gasteiger partial charge is 0.0207 e. The number of hydrogen-bond donors (Lipinski definition) is 0. The number of aryl methyl sites for hydroxylation is 2. The molecular formula is C11H11Br. The van der Waals surface area contributed by atoms with Crippen molar-refractivity contribution in [2.24, 2.45) is 0 Å². The fourth-order valence-corrected chi connectivity index (χ4v) is 1.43. The maximum absolute atomic E-state index is 5.18. The summed E-state index contributed by atoms with van der Waals surface area (Å²) in [6.45, 7) is 2.08. The molecule has 0 heterocycles. The van der Waals surface area contributed by atoms with Crippen molar-refractivity contribution in [1.29, 1.82) is 0 Å². The standard InChI is InChI=1S/C11H11Br/c1-3-4-5-10-7-6-9(2)11(12)8-10/h1,6-8H,4-5H2,2H3. The van der Waals surface area contributed by atoms with Crippen LogP contribution in [0, 0.1) is 19.3 Å². The van der Waals surface area contributed by atoms with E-state index in [1.54, 1.807) is 0 Å². The molecule has 0 N–H and O–H groups in total. The van der Waals surface area contributed by atoms with E-state index in [-0.39, 0.29) is 0 Å². The second-order valence-corrected chi connectivity index (χ2v) is 3.64. The summed E-state index contributed by atoms with van der Waals surface area (Å²) in [7, 11) is 0. The number of hydrogen-bond acceptors (Lipinski definition) is 0. The first-order valence-corrected chi connectivity index (χ1v) is 4.72. The highest BCUT2D eigenvalue weighted by Crippen LogP contribution is 2.18. The lowest BCUT2D eigenvalue weighted by molar-refractivity contribution is 1.03. The van der Waals surface area contributed by atoms with Gasteiger partial charge in [-0.3, -0.25) is 0 Å². The maximum Gasteiger partial charge on any atom is 0.0207 e. The second-order valence-electron chi connectivity index (χ2n) is 2.79. The Morgan fingerprint density at radius 1 is 1.50 bits per heavy atom. The van der Waals surface area contributed by atoms with Gasteiger partial charge in [0.05, 0.1) is 0 Å². The number of rotatable bonds is 2. The zero-order valence-electron chi connectivity index (χ0n) is 7.10. The van der Waals surface area contributed by atoms with E-state index in [0.29, 0.717) is 0 Å². The quantitative estimate of drug-likeness (QED) is 0.674. The van der Waals surface area contributed by atoms with Gasteiger partial charge in [-0.05, 0) is 30.5 Å². The molecule has 0 nitrogen and oxygen atoms in total. The van der Waals surface area contributed by atoms with Gasteiger partial charge >= 0.3 is 0 Å². The Morgan fingerprint density at radius 3 is 2.83 bits per heavy atom. The Labute approximate surface area is 82.1 Å². The fourth-order valence-electron chi connectivity index (χ4n) is 1.01. The Morgan fingerprint density at radius 2 is 2.25 bits per heavy atom. The molecule has 62 valence electrons. The zero-order chi connectivity index (χ0) is 8.97. The Bertz CT molecular complexity index is 307. The van der Waals surface area contributed by atoms with E-state index in [9.17, 15) is 0 Å². The molecule has 1 rings (SSSR count). The number of halogens is 1. The van der Waals surface area contributed by atoms with Crippen molar-refractivity contribution >= 4 is 15.9 Å². The molecule has 1 aromatic rings. The van der Waals surface area contributed by atoms with Gasteiger partial charge in [0.25, 0.3) is 0 Å². The zero-order valence-corrected chi connectivity index (χ0v) is 8.69. The minimum atomic E-state index is 0.815. The monoisotopic (exact) mass is 222 g/mol. The summed E-state index contributed by atoms with van der Waals surface area (Å²) in [5.74, 6) is 2.63. The van der Waals surface area contributed by atoms with Gasteiger partial charge in [0.1, 0.15) is 0 Å². The summed E-state index contributed by atoms with van der Waals surface area (Å²) < 4.78 is 1.16. The first-order chi connectivity index (χ1) is 5.74. The number of terminal acetylenes is 1. The molecule has 0 atom stereocenters. The van der Waals surface area contributed by atoms with Gasteiger partial charge in [0.15, 0.2) is 0 Å². The van der Waals surface area contributed by atoms with Crippen molar-refractivity contribution in [3.8, 4) is 12.3 Å². The van der Waals surface area contributed by atoms with E-state index in [1.807, 2.05) is 0 Å². The van der Waals surface area contributed by atoms with Crippen LogP contribution in [0.25, 0.3) is 0 Å². The van der Waals surface area contributed by atoms with Gasteiger partial charge in [-0.25, -0.2) is 0 Å². The Kier molecular flexibility index (Phi) is 3.37. The van der Waals surface area contributed by atoms with Crippen LogP contribution in [0.1, 0.15) is 17.5 Å². The molecule has 0 amide bonds. The summed E-state index contributed by atoms with van der Waals surface area (Å²) in [5.41, 5.74) is 2.56. The van der Waals surface area contributed by atoms with Gasteiger partial charge in [-0.2, -0.15) is 0 Å². The van der Waals surface area contributed by atoms with Crippen LogP contribution < -0.4 is 0 Å². The molecule has 0 aromatic heterocycles. The van der Waals surface area contributed by atoms with Gasteiger partial charge in [0, 0.05) is 10.9 Å². The van der Waals surface area contributed by atoms with Crippen LogP contribution in [0.2, 0.25) is 0 Å². The topological polar surface area (TPSA) is 0 Å². The molecule has 0 spiro atoms. The Balaban J connectivity index is 2.77. The minimum absolute atomic E-state index is 0.815. The minimum Gasteiger partial charge on any atom is -0.120 e. The van der Waals surface area contributed by atoms with E-state index in [0.717, 1.165) is 17.3 Å². The van der Waals surface area contributed by atoms with Crippen LogP contribution in [0.15, 0.2) is 22.7 Å². The average molecular weight is 223 g/mol. The largest absolute Gasteiger partial charge is 0.120 e. The lowest BCUT2D eigenvalue weighted by Gasteiger charge is -2.01. The van der Waals surface area contributed by atoms with Crippen molar-refractivity contribution in [3.63, 3.8) is 0 Å². The van der Waals surface area contributed by atoms with Crippen LogP contribution in [0.3, 0.4) is 0 Å². The molecule has 0 saturated heterocycles. The number of benzene rings is 1. The SMILES string of the molecule is C#CCCc1ccc(C)c(Br)c1. The van der Waals surface area contributed by atoms with Crippen molar-refractivity contribution < 1.29 is 0 Å². The molecule has 0 radical (unpaired) electrons. The van der Waals surface area contributed by atoms with Crippen molar-refractivity contribution in [3.05, 3.63) is 33.8 Å². The molecule has 1 aromatic carbocycles. The van der Waals surface area contributed by atoms with E-state index in [2.05, 4.69) is 47.0 Å². The van der Waals surface area contributed by atoms with Gasteiger partial charge in [-0.1, -0.05) is 28.1 Å². The third-order valence-corrected chi connectivity index (χ3v) is 2.65. The Hall–Kier alpha value is -0.740. The second kappa shape index (κ2) is 4.33. The molecule has 0 fully saturated rings. The summed E-state index contributed by atoms with van der Waals surface area (Å²) in [6.07, 6.45) is 6.97. The van der Waals surface area contributed by atoms with Crippen molar-refractivity contribution in [2.75, 3.05) is 0 Å². The van der Waals surface area contributed by atoms with Crippen LogP contribution >= 0.6 is 15.9 Å². The lowest BCUT2D eigenvalue weighted by atomic mass is 10.1. The summed E-state index contributed by atoms with van der Waals surface area (Å²) >= 11 is 3.49. The van der Waals surface area contributed by atoms with E-state index in [4.69, 9.17) is 6.42 Å². The van der Waals surface area contributed by atoms with Crippen LogP contribution in [-0.2, 0) is 6.42 Å². The fraction of sp³-hybridized carbons (Fsp3) is 0.273. The van der Waals surface area contributed by atoms with Crippen LogP contribution in [-0.4, -0.2) is 0 Å². The summed E-state index contributed by atoms with van der Waals surface area (Å²) in [5, 5.41) is 0. The predicted molar refractivity (Wildman–Crippen MR) is 56.0 cm³/mol. The highest BCUT2D eigenvalue weighted by Gasteiger charge is 1.95. The van der Waals surface area contributed by atoms with Gasteiger partial charge < -0.3 is 0 Å². The predicted octanol–water partition coefficient (Wildman–Crippen LogP) is 3.32. The molecule has 0 aliphatic rings. The molecule has 0 saturated carbocycles. The molecule has 0 aliphatic carbocycles.